The molecule has 4 N–H and O–H groups in total. The van der Waals surface area contributed by atoms with E-state index in [0.717, 1.165) is 43.0 Å². The number of amides is 3. The summed E-state index contributed by atoms with van der Waals surface area (Å²) in [5.41, 5.74) is 6.82. The van der Waals surface area contributed by atoms with Gasteiger partial charge in [0.1, 0.15) is 0 Å². The van der Waals surface area contributed by atoms with Crippen molar-refractivity contribution >= 4 is 58.6 Å². The highest BCUT2D eigenvalue weighted by molar-refractivity contribution is 5.98. The number of carboxylic acids is 1. The molecule has 10 rings (SSSR count). The molecule has 15 nitrogen and oxygen atoms in total. The highest BCUT2D eigenvalue weighted by Gasteiger charge is 2.38. The van der Waals surface area contributed by atoms with Crippen LogP contribution in [0.3, 0.4) is 0 Å². The predicted molar refractivity (Wildman–Crippen MR) is 247 cm³/mol. The van der Waals surface area contributed by atoms with Crippen molar-refractivity contribution in [3.8, 4) is 11.5 Å². The Kier molecular flexibility index (Phi) is 13.6. The van der Waals surface area contributed by atoms with Gasteiger partial charge in [0, 0.05) is 69.0 Å². The number of carbonyl (C=O) groups excluding carboxylic acids is 3. The van der Waals surface area contributed by atoms with E-state index in [9.17, 15) is 19.2 Å². The highest BCUT2D eigenvalue weighted by Crippen LogP contribution is 2.41. The van der Waals surface area contributed by atoms with E-state index < -0.39 is 18.2 Å². The molecule has 65 heavy (non-hydrogen) atoms. The second kappa shape index (κ2) is 19.8. The average Bonchev–Trinajstić information content (AvgIpc) is 4.11. The minimum atomic E-state index is -1.04. The summed E-state index contributed by atoms with van der Waals surface area (Å²) in [6.45, 7) is 11.5. The third kappa shape index (κ3) is 10.7. The number of pyridine rings is 4. The molecule has 0 bridgehead atoms. The topological polar surface area (TPSA) is 198 Å². The molecule has 6 aliphatic rings. The van der Waals surface area contributed by atoms with Gasteiger partial charge in [0.25, 0.3) is 11.8 Å². The Morgan fingerprint density at radius 3 is 1.71 bits per heavy atom. The maximum absolute atomic E-state index is 12.8. The summed E-state index contributed by atoms with van der Waals surface area (Å²) in [6, 6.07) is 11.8. The highest BCUT2D eigenvalue weighted by atomic mass is 16.5. The Labute approximate surface area is 378 Å². The largest absolute Gasteiger partial charge is 0.478 e. The molecule has 0 radical (unpaired) electrons. The third-order valence-corrected chi connectivity index (χ3v) is 12.4. The zero-order valence-corrected chi connectivity index (χ0v) is 36.9. The molecular formula is C50H54N8O7. The smallest absolute Gasteiger partial charge is 0.328 e. The second-order valence-corrected chi connectivity index (χ2v) is 17.8. The molecule has 3 amide bonds. The first-order valence-electron chi connectivity index (χ1n) is 22.1. The van der Waals surface area contributed by atoms with Crippen LogP contribution in [0.2, 0.25) is 0 Å². The zero-order valence-electron chi connectivity index (χ0n) is 36.9. The van der Waals surface area contributed by atoms with Gasteiger partial charge >= 0.3 is 5.97 Å². The van der Waals surface area contributed by atoms with Gasteiger partial charge < -0.3 is 35.4 Å². The van der Waals surface area contributed by atoms with Crippen molar-refractivity contribution < 1.29 is 33.8 Å². The predicted octanol–water partition coefficient (Wildman–Crippen LogP) is 6.65. The van der Waals surface area contributed by atoms with Gasteiger partial charge in [0.15, 0.2) is 35.3 Å². The lowest BCUT2D eigenvalue weighted by molar-refractivity contribution is -0.131. The number of nitrogens with zero attached hydrogens (tertiary/aromatic N) is 5. The standard InChI is InChI=1S/C25H26N4O3.C13H14N2O4.C12H14N2/c1-15(2)23-25(31)28-24-21(32-23)9-16(12-27-24)3-4-22(30)29-13-19-10-18(11-20(19)14-29)17-5-7-26-8-6-17;1-7(2)11-13(18)15-12-9(19-11)5-8(6-14-12)3-4-10(16)17;1-3-13-4-2-9(1)10-5-11-7-14-8-12(11)6-10/h3-10,12,15,19-20,23H,11,13-14H2,1-2H3,(H,27,28,31);3-7,11H,1-2H3,(H,16,17)(H,14,15,18);1-5,11-12,14H,6-8H2/b2*4-3+;. The molecule has 0 saturated carbocycles. The molecule has 6 atom stereocenters. The number of likely N-dealkylation sites (tertiary alicyclic amines) is 1. The van der Waals surface area contributed by atoms with Crippen LogP contribution in [0.1, 0.15) is 62.8 Å². The van der Waals surface area contributed by atoms with Crippen molar-refractivity contribution in [2.24, 2.45) is 35.5 Å². The minimum absolute atomic E-state index is 0.00487. The molecule has 0 spiro atoms. The molecule has 15 heteroatoms. The van der Waals surface area contributed by atoms with Crippen molar-refractivity contribution in [2.75, 3.05) is 36.8 Å². The zero-order chi connectivity index (χ0) is 45.6. The van der Waals surface area contributed by atoms with E-state index in [4.69, 9.17) is 14.6 Å². The van der Waals surface area contributed by atoms with E-state index in [1.807, 2.05) is 75.6 Å². The average molecular weight is 879 g/mol. The molecule has 2 aliphatic carbocycles. The Morgan fingerprint density at radius 2 is 1.22 bits per heavy atom. The van der Waals surface area contributed by atoms with Crippen molar-refractivity contribution in [2.45, 2.75) is 52.7 Å². The number of hydrogen-bond acceptors (Lipinski definition) is 11. The Balaban J connectivity index is 0.000000147. The Hall–Kier alpha value is -7.00. The number of ether oxygens (including phenoxy) is 2. The lowest BCUT2D eigenvalue weighted by Gasteiger charge is -2.27. The first kappa shape index (κ1) is 44.6. The summed E-state index contributed by atoms with van der Waals surface area (Å²) < 4.78 is 11.4. The van der Waals surface area contributed by atoms with E-state index in [-0.39, 0.29) is 29.6 Å². The van der Waals surface area contributed by atoms with Gasteiger partial charge in [0.05, 0.1) is 0 Å². The molecule has 0 aromatic carbocycles. The number of carbonyl (C=O) groups is 4. The number of rotatable bonds is 8. The van der Waals surface area contributed by atoms with Crippen LogP contribution >= 0.6 is 0 Å². The number of allylic oxidation sites excluding steroid dienone is 2. The van der Waals surface area contributed by atoms with Gasteiger partial charge in [0.2, 0.25) is 5.91 Å². The van der Waals surface area contributed by atoms with Crippen LogP contribution in [-0.4, -0.2) is 92.0 Å². The maximum Gasteiger partial charge on any atom is 0.328 e. The van der Waals surface area contributed by atoms with Crippen LogP contribution in [0.4, 0.5) is 11.6 Å². The van der Waals surface area contributed by atoms with Gasteiger partial charge in [-0.25, -0.2) is 14.8 Å². The van der Waals surface area contributed by atoms with Crippen molar-refractivity contribution in [1.82, 2.24) is 30.2 Å². The first-order valence-corrected chi connectivity index (χ1v) is 22.1. The van der Waals surface area contributed by atoms with E-state index in [2.05, 4.69) is 60.2 Å². The summed E-state index contributed by atoms with van der Waals surface area (Å²) in [6.07, 6.45) is 22.2. The lowest BCUT2D eigenvalue weighted by Crippen LogP contribution is -2.40. The van der Waals surface area contributed by atoms with Crippen LogP contribution in [0, 0.1) is 35.5 Å². The number of hydrogen-bond donors (Lipinski definition) is 4. The second-order valence-electron chi connectivity index (χ2n) is 17.8. The third-order valence-electron chi connectivity index (χ3n) is 12.4. The normalized spacial score (nSPS) is 23.7. The Bertz CT molecular complexity index is 2540. The quantitative estimate of drug-likeness (QED) is 0.138. The van der Waals surface area contributed by atoms with Crippen molar-refractivity contribution in [3.63, 3.8) is 0 Å². The fraction of sp³-hybridized carbons (Fsp3) is 0.360. The van der Waals surface area contributed by atoms with E-state index in [0.29, 0.717) is 40.5 Å². The van der Waals surface area contributed by atoms with E-state index in [1.165, 1.54) is 54.1 Å². The summed E-state index contributed by atoms with van der Waals surface area (Å²) in [7, 11) is 0. The van der Waals surface area contributed by atoms with E-state index >= 15 is 0 Å². The minimum Gasteiger partial charge on any atom is -0.478 e. The van der Waals surface area contributed by atoms with Crippen molar-refractivity contribution in [1.29, 1.82) is 0 Å². The maximum atomic E-state index is 12.8. The fourth-order valence-corrected chi connectivity index (χ4v) is 8.97. The van der Waals surface area contributed by atoms with Crippen LogP contribution < -0.4 is 25.4 Å². The monoisotopic (exact) mass is 878 g/mol. The van der Waals surface area contributed by atoms with Crippen LogP contribution in [0.15, 0.2) is 97.9 Å². The summed E-state index contributed by atoms with van der Waals surface area (Å²) in [5.74, 6) is 2.91. The lowest BCUT2D eigenvalue weighted by atomic mass is 9.99. The van der Waals surface area contributed by atoms with Gasteiger partial charge in [-0.3, -0.25) is 24.4 Å². The first-order chi connectivity index (χ1) is 31.4. The van der Waals surface area contributed by atoms with Gasteiger partial charge in [-0.2, -0.15) is 0 Å². The SMILES string of the molecule is C1=C(c2ccncc2)CC2CNCC12.CC(C)C1Oc2cc(/C=C/C(=O)N3CC4C=C(c5ccncc5)CC4C3)cnc2NC1=O.CC(C)C1Oc2cc(/C=C/C(=O)O)cnc2NC1=O. The number of anilines is 2. The summed E-state index contributed by atoms with van der Waals surface area (Å²) in [4.78, 5) is 65.4. The van der Waals surface area contributed by atoms with Crippen LogP contribution in [0.25, 0.3) is 23.3 Å². The van der Waals surface area contributed by atoms with Gasteiger partial charge in [-0.05, 0) is 137 Å². The number of aliphatic carboxylic acids is 1. The summed E-state index contributed by atoms with van der Waals surface area (Å²) >= 11 is 0. The number of carboxylic acid groups (broad SMARTS) is 1. The van der Waals surface area contributed by atoms with Crippen LogP contribution in [0.5, 0.6) is 11.5 Å². The molecular weight excluding hydrogens is 825 g/mol. The molecule has 336 valence electrons. The molecule has 2 fully saturated rings. The van der Waals surface area contributed by atoms with Gasteiger partial charge in [-0.1, -0.05) is 39.8 Å². The molecule has 4 aromatic rings. The summed E-state index contributed by atoms with van der Waals surface area (Å²) in [5, 5.41) is 17.5. The van der Waals surface area contributed by atoms with E-state index in [1.54, 1.807) is 24.4 Å². The number of nitrogens with one attached hydrogen (secondary N) is 3. The number of aromatic nitrogens is 4. The van der Waals surface area contributed by atoms with Crippen molar-refractivity contribution in [3.05, 3.63) is 120 Å². The molecule has 4 aliphatic heterocycles. The molecule has 4 aromatic heterocycles. The number of fused-ring (bicyclic) bond motifs is 4. The molecule has 6 unspecified atom stereocenters. The molecule has 8 heterocycles. The molecule has 2 saturated heterocycles. The van der Waals surface area contributed by atoms with Crippen LogP contribution in [-0.2, 0) is 19.2 Å². The fourth-order valence-electron chi connectivity index (χ4n) is 8.97. The van der Waals surface area contributed by atoms with Gasteiger partial charge in [-0.15, -0.1) is 0 Å². The Morgan fingerprint density at radius 1 is 0.708 bits per heavy atom.